The normalized spacial score (nSPS) is 15.7. The van der Waals surface area contributed by atoms with Gasteiger partial charge >= 0.3 is 12.1 Å². The first-order valence-electron chi connectivity index (χ1n) is 7.85. The highest BCUT2D eigenvalue weighted by Crippen LogP contribution is 2.19. The number of unbranched alkanes of at least 4 members (excludes halogenated alkanes) is 1. The Hall–Kier alpha value is -1.90. The Bertz CT molecular complexity index is 582. The molecule has 0 aromatic heterocycles. The van der Waals surface area contributed by atoms with Gasteiger partial charge in [-0.15, -0.1) is 0 Å². The predicted octanol–water partition coefficient (Wildman–Crippen LogP) is 1.87. The molecule has 0 unspecified atom stereocenters. The van der Waals surface area contributed by atoms with Crippen LogP contribution in [0.15, 0.2) is 10.6 Å². The van der Waals surface area contributed by atoms with Crippen LogP contribution >= 0.6 is 15.9 Å². The maximum absolute atomic E-state index is 11.8. The lowest BCUT2D eigenvalue weighted by Gasteiger charge is -2.22. The Morgan fingerprint density at radius 3 is 2.40 bits per heavy atom. The van der Waals surface area contributed by atoms with Gasteiger partial charge in [0.1, 0.15) is 11.6 Å². The number of ether oxygens (including phenoxy) is 2. The van der Waals surface area contributed by atoms with Crippen molar-refractivity contribution in [1.29, 1.82) is 0 Å². The van der Waals surface area contributed by atoms with E-state index in [1.165, 1.54) is 13.2 Å². The highest BCUT2D eigenvalue weighted by Gasteiger charge is 2.29. The number of esters is 1. The lowest BCUT2D eigenvalue weighted by Crippen LogP contribution is -2.44. The van der Waals surface area contributed by atoms with Crippen LogP contribution in [-0.4, -0.2) is 54.1 Å². The number of methoxy groups -OCH3 is 1. The highest BCUT2D eigenvalue weighted by atomic mass is 79.9. The van der Waals surface area contributed by atoms with Gasteiger partial charge in [0.2, 0.25) is 0 Å². The third-order valence-electron chi connectivity index (χ3n) is 3.27. The monoisotopic (exact) mass is 418 g/mol. The molecule has 0 aliphatic carbocycles. The molecule has 3 amide bonds. The summed E-state index contributed by atoms with van der Waals surface area (Å²) in [6.07, 6.45) is 1.82. The van der Waals surface area contributed by atoms with Gasteiger partial charge in [0.25, 0.3) is 11.8 Å². The van der Waals surface area contributed by atoms with Gasteiger partial charge in [-0.25, -0.2) is 9.59 Å². The minimum absolute atomic E-state index is 0.233. The van der Waals surface area contributed by atoms with Gasteiger partial charge in [0.05, 0.1) is 11.6 Å². The highest BCUT2D eigenvalue weighted by molar-refractivity contribution is 9.12. The van der Waals surface area contributed by atoms with Crippen LogP contribution in [-0.2, 0) is 23.9 Å². The maximum Gasteiger partial charge on any atom is 0.408 e. The summed E-state index contributed by atoms with van der Waals surface area (Å²) < 4.78 is 10.0. The Kier molecular flexibility index (Phi) is 7.60. The quantitative estimate of drug-likeness (QED) is 0.384. The Morgan fingerprint density at radius 1 is 1.28 bits per heavy atom. The van der Waals surface area contributed by atoms with Crippen LogP contribution in [0.2, 0.25) is 0 Å². The van der Waals surface area contributed by atoms with Crippen molar-refractivity contribution in [2.45, 2.75) is 51.7 Å². The summed E-state index contributed by atoms with van der Waals surface area (Å²) in [7, 11) is 1.23. The number of hydrogen-bond donors (Lipinski definition) is 1. The van der Waals surface area contributed by atoms with Crippen LogP contribution < -0.4 is 5.32 Å². The van der Waals surface area contributed by atoms with E-state index in [1.54, 1.807) is 20.8 Å². The number of carbonyl (C=O) groups is 4. The average Bonchev–Trinajstić information content (AvgIpc) is 2.73. The summed E-state index contributed by atoms with van der Waals surface area (Å²) in [4.78, 5) is 48.0. The fourth-order valence-corrected chi connectivity index (χ4v) is 2.56. The zero-order chi connectivity index (χ0) is 19.2. The lowest BCUT2D eigenvalue weighted by atomic mass is 10.1. The van der Waals surface area contributed by atoms with E-state index in [2.05, 4.69) is 26.0 Å². The molecular weight excluding hydrogens is 396 g/mol. The summed E-state index contributed by atoms with van der Waals surface area (Å²) in [6.45, 7) is 5.39. The second kappa shape index (κ2) is 8.98. The second-order valence-corrected chi connectivity index (χ2v) is 7.36. The third-order valence-corrected chi connectivity index (χ3v) is 3.83. The van der Waals surface area contributed by atoms with Gasteiger partial charge in [0.15, 0.2) is 0 Å². The van der Waals surface area contributed by atoms with Crippen LogP contribution in [0.5, 0.6) is 0 Å². The molecule has 0 saturated heterocycles. The van der Waals surface area contributed by atoms with Crippen molar-refractivity contribution in [2.24, 2.45) is 0 Å². The van der Waals surface area contributed by atoms with Crippen LogP contribution in [0.1, 0.15) is 40.0 Å². The Labute approximate surface area is 155 Å². The molecule has 0 aromatic rings. The zero-order valence-electron chi connectivity index (χ0n) is 14.8. The minimum atomic E-state index is -0.852. The largest absolute Gasteiger partial charge is 0.467 e. The molecule has 1 aliphatic heterocycles. The smallest absolute Gasteiger partial charge is 0.408 e. The van der Waals surface area contributed by atoms with Gasteiger partial charge in [0, 0.05) is 12.6 Å². The van der Waals surface area contributed by atoms with Crippen molar-refractivity contribution in [2.75, 3.05) is 13.7 Å². The second-order valence-electron chi connectivity index (χ2n) is 6.51. The summed E-state index contributed by atoms with van der Waals surface area (Å²) >= 11 is 3.02. The van der Waals surface area contributed by atoms with Crippen molar-refractivity contribution < 1.29 is 28.7 Å². The first kappa shape index (κ1) is 21.1. The number of nitrogens with zero attached hydrogens (tertiary/aromatic N) is 1. The van der Waals surface area contributed by atoms with E-state index < -0.39 is 23.7 Å². The van der Waals surface area contributed by atoms with E-state index in [0.29, 0.717) is 19.3 Å². The van der Waals surface area contributed by atoms with E-state index in [9.17, 15) is 19.2 Å². The molecule has 140 valence electrons. The standard InChI is InChI=1S/C16H23BrN2O6/c1-16(2,3)25-15(23)18-11(14(22)24-4)7-5-6-8-19-12(20)9-10(17)13(19)21/h9,11H,5-8H2,1-4H3,(H,18,23)/t11-/m0/s1. The number of rotatable bonds is 7. The Balaban J connectivity index is 2.46. The molecule has 0 fully saturated rings. The van der Waals surface area contributed by atoms with Crippen LogP contribution in [0.4, 0.5) is 4.79 Å². The molecular formula is C16H23BrN2O6. The average molecular weight is 419 g/mol. The third kappa shape index (κ3) is 6.85. The van der Waals surface area contributed by atoms with E-state index >= 15 is 0 Å². The van der Waals surface area contributed by atoms with E-state index in [1.807, 2.05) is 0 Å². The molecule has 9 heteroatoms. The van der Waals surface area contributed by atoms with Crippen LogP contribution in [0.3, 0.4) is 0 Å². The van der Waals surface area contributed by atoms with E-state index in [4.69, 9.17) is 4.74 Å². The minimum Gasteiger partial charge on any atom is -0.467 e. The van der Waals surface area contributed by atoms with Crippen molar-refractivity contribution in [1.82, 2.24) is 10.2 Å². The fourth-order valence-electron chi connectivity index (χ4n) is 2.15. The molecule has 8 nitrogen and oxygen atoms in total. The van der Waals surface area contributed by atoms with Crippen LogP contribution in [0, 0.1) is 0 Å². The fraction of sp³-hybridized carbons (Fsp3) is 0.625. The number of alkyl carbamates (subject to hydrolysis) is 1. The number of hydrogen-bond acceptors (Lipinski definition) is 6. The predicted molar refractivity (Wildman–Crippen MR) is 92.8 cm³/mol. The summed E-state index contributed by atoms with van der Waals surface area (Å²) in [6, 6.07) is -0.852. The molecule has 1 heterocycles. The molecule has 1 atom stereocenters. The zero-order valence-corrected chi connectivity index (χ0v) is 16.3. The molecule has 1 rings (SSSR count). The number of amides is 3. The molecule has 1 aliphatic rings. The lowest BCUT2D eigenvalue weighted by molar-refractivity contribution is -0.143. The Morgan fingerprint density at radius 2 is 1.92 bits per heavy atom. The number of nitrogens with one attached hydrogen (secondary N) is 1. The summed E-state index contributed by atoms with van der Waals surface area (Å²) in [5.74, 6) is -1.32. The van der Waals surface area contributed by atoms with Crippen molar-refractivity contribution in [3.8, 4) is 0 Å². The molecule has 0 spiro atoms. The SMILES string of the molecule is COC(=O)[C@H](CCCCN1C(=O)C=C(Br)C1=O)NC(=O)OC(C)(C)C. The first-order valence-corrected chi connectivity index (χ1v) is 8.65. The molecule has 0 radical (unpaired) electrons. The number of halogens is 1. The molecule has 1 N–H and O–H groups in total. The van der Waals surface area contributed by atoms with Crippen molar-refractivity contribution in [3.63, 3.8) is 0 Å². The molecule has 0 saturated carbocycles. The summed E-state index contributed by atoms with van der Waals surface area (Å²) in [5, 5.41) is 2.48. The van der Waals surface area contributed by atoms with Gasteiger partial charge in [-0.2, -0.15) is 0 Å². The van der Waals surface area contributed by atoms with Gasteiger partial charge in [-0.05, 0) is 56.0 Å². The number of carbonyl (C=O) groups excluding carboxylic acids is 4. The van der Waals surface area contributed by atoms with Gasteiger partial charge < -0.3 is 14.8 Å². The first-order chi connectivity index (χ1) is 11.5. The van der Waals surface area contributed by atoms with Crippen molar-refractivity contribution in [3.05, 3.63) is 10.6 Å². The van der Waals surface area contributed by atoms with Gasteiger partial charge in [-0.3, -0.25) is 14.5 Å². The van der Waals surface area contributed by atoms with Gasteiger partial charge in [-0.1, -0.05) is 0 Å². The van der Waals surface area contributed by atoms with Crippen molar-refractivity contribution >= 4 is 39.8 Å². The molecule has 25 heavy (non-hydrogen) atoms. The maximum atomic E-state index is 11.8. The van der Waals surface area contributed by atoms with E-state index in [-0.39, 0.29) is 22.8 Å². The molecule has 0 bridgehead atoms. The van der Waals surface area contributed by atoms with Crippen LogP contribution in [0.25, 0.3) is 0 Å². The number of imide groups is 1. The molecule has 0 aromatic carbocycles. The topological polar surface area (TPSA) is 102 Å². The van der Waals surface area contributed by atoms with E-state index in [0.717, 1.165) is 4.90 Å². The summed E-state index contributed by atoms with van der Waals surface area (Å²) in [5.41, 5.74) is -0.679.